The van der Waals surface area contributed by atoms with Gasteiger partial charge in [0.2, 0.25) is 5.95 Å². The topological polar surface area (TPSA) is 64.2 Å². The van der Waals surface area contributed by atoms with Crippen LogP contribution in [-0.4, -0.2) is 67.2 Å². The van der Waals surface area contributed by atoms with Crippen LogP contribution in [0.3, 0.4) is 0 Å². The van der Waals surface area contributed by atoms with Crippen molar-refractivity contribution in [1.82, 2.24) is 29.8 Å². The van der Waals surface area contributed by atoms with Gasteiger partial charge < -0.3 is 13.7 Å². The Bertz CT molecular complexity index is 364. The Labute approximate surface area is 112 Å². The van der Waals surface area contributed by atoms with Crippen molar-refractivity contribution < 1.29 is 0 Å². The first kappa shape index (κ1) is 13.6. The monoisotopic (exact) mass is 263 g/mol. The Hall–Kier alpha value is -0.863. The molecule has 96 valence electrons. The number of nitrogens with zero attached hydrogens (tertiary/aromatic N) is 6. The molecule has 7 nitrogen and oxygen atoms in total. The molecule has 1 aliphatic heterocycles. The van der Waals surface area contributed by atoms with Crippen LogP contribution in [0.25, 0.3) is 0 Å². The third-order valence-electron chi connectivity index (χ3n) is 3.48. The van der Waals surface area contributed by atoms with Crippen LogP contribution in [0.15, 0.2) is 0 Å². The van der Waals surface area contributed by atoms with Crippen molar-refractivity contribution in [3.63, 3.8) is 0 Å². The predicted molar refractivity (Wildman–Crippen MR) is 75.0 cm³/mol. The summed E-state index contributed by atoms with van der Waals surface area (Å²) in [7, 11) is 2.69. The second kappa shape index (κ2) is 5.85. The van der Waals surface area contributed by atoms with Gasteiger partial charge in [-0.3, -0.25) is 0 Å². The number of hydrogen-bond donors (Lipinski definition) is 1. The highest BCUT2D eigenvalue weighted by Crippen LogP contribution is 2.17. The van der Waals surface area contributed by atoms with E-state index in [9.17, 15) is 0 Å². The van der Waals surface area contributed by atoms with Gasteiger partial charge in [0, 0.05) is 0 Å². The zero-order valence-corrected chi connectivity index (χ0v) is 12.5. The summed E-state index contributed by atoms with van der Waals surface area (Å²) in [4.78, 5) is 0. The van der Waals surface area contributed by atoms with Crippen LogP contribution >= 0.6 is 0 Å². The average Bonchev–Trinajstić information content (AvgIpc) is 2.87. The lowest BCUT2D eigenvalue weighted by molar-refractivity contribution is 0.546. The van der Waals surface area contributed by atoms with Crippen LogP contribution in [0.5, 0.6) is 0 Å². The highest BCUT2D eigenvalue weighted by atomic mass is 28.2. The Kier molecular flexibility index (Phi) is 4.41. The summed E-state index contributed by atoms with van der Waals surface area (Å²) >= 11 is 0. The van der Waals surface area contributed by atoms with E-state index in [4.69, 9.17) is 0 Å². The van der Waals surface area contributed by atoms with E-state index in [0.717, 1.165) is 6.54 Å². The summed E-state index contributed by atoms with van der Waals surface area (Å²) in [5.41, 5.74) is 0. The molecule has 1 aliphatic rings. The number of anilines is 1. The smallest absolute Gasteiger partial charge is 0.324 e. The molecule has 0 unspecified atom stereocenters. The zero-order chi connectivity index (χ0) is 13.1. The van der Waals surface area contributed by atoms with Gasteiger partial charge in [0.05, 0.1) is 0 Å². The fourth-order valence-electron chi connectivity index (χ4n) is 2.20. The molecule has 0 atom stereocenters. The summed E-state index contributed by atoms with van der Waals surface area (Å²) in [6.45, 7) is 8.55. The molecule has 10 heteroatoms. The number of aromatic nitrogens is 4. The van der Waals surface area contributed by atoms with E-state index >= 15 is 0 Å². The molecule has 18 heavy (non-hydrogen) atoms. The standard InChI is InChI=1S/C8H19B2N7Si/c1-5-6-7-16-9(2)15(4)18-17(10(16)3)8-11-13-14-12-8/h5-7H2,1-4H3,(H,11,12,13,14). The van der Waals surface area contributed by atoms with Gasteiger partial charge in [0.15, 0.2) is 0 Å². The van der Waals surface area contributed by atoms with E-state index in [1.165, 1.54) is 12.8 Å². The van der Waals surface area contributed by atoms with Gasteiger partial charge in [-0.2, -0.15) is 5.21 Å². The van der Waals surface area contributed by atoms with Crippen LogP contribution in [0.2, 0.25) is 13.6 Å². The van der Waals surface area contributed by atoms with Crippen molar-refractivity contribution in [2.24, 2.45) is 0 Å². The van der Waals surface area contributed by atoms with Crippen LogP contribution in [-0.2, 0) is 0 Å². The molecule has 1 saturated heterocycles. The average molecular weight is 263 g/mol. The first-order chi connectivity index (χ1) is 8.65. The Morgan fingerprint density at radius 3 is 2.72 bits per heavy atom. The molecule has 0 amide bonds. The van der Waals surface area contributed by atoms with Crippen LogP contribution in [0, 0.1) is 0 Å². The lowest BCUT2D eigenvalue weighted by Crippen LogP contribution is -2.71. The maximum Gasteiger partial charge on any atom is 0.324 e. The number of rotatable bonds is 4. The summed E-state index contributed by atoms with van der Waals surface area (Å²) in [5, 5.41) is 14.4. The lowest BCUT2D eigenvalue weighted by atomic mass is 9.62. The van der Waals surface area contributed by atoms with Crippen LogP contribution in [0.4, 0.5) is 5.95 Å². The third kappa shape index (κ3) is 2.60. The minimum absolute atomic E-state index is 0.304. The SMILES string of the molecule is CCCCN1B(C)N(C)[Si]N(c2nn[nH]n2)B1C. The Morgan fingerprint density at radius 2 is 2.11 bits per heavy atom. The molecule has 1 N–H and O–H groups in total. The summed E-state index contributed by atoms with van der Waals surface area (Å²) < 4.78 is 7.00. The number of nitrogens with one attached hydrogen (secondary N) is 1. The van der Waals surface area contributed by atoms with E-state index in [1.807, 2.05) is 0 Å². The van der Waals surface area contributed by atoms with Gasteiger partial charge in [-0.25, -0.2) is 0 Å². The number of H-pyrrole nitrogens is 1. The van der Waals surface area contributed by atoms with E-state index in [1.54, 1.807) is 0 Å². The quantitative estimate of drug-likeness (QED) is 0.760. The molecule has 0 spiro atoms. The highest BCUT2D eigenvalue weighted by molar-refractivity contribution is 6.86. The first-order valence-electron chi connectivity index (χ1n) is 6.42. The van der Waals surface area contributed by atoms with Crippen molar-refractivity contribution in [2.45, 2.75) is 33.4 Å². The molecule has 1 fully saturated rings. The maximum absolute atomic E-state index is 4.10. The van der Waals surface area contributed by atoms with Crippen molar-refractivity contribution >= 4 is 29.8 Å². The fraction of sp³-hybridized carbons (Fsp3) is 0.875. The first-order valence-corrected chi connectivity index (χ1v) is 7.32. The molecular weight excluding hydrogens is 244 g/mol. The van der Waals surface area contributed by atoms with Crippen LogP contribution < -0.4 is 4.48 Å². The number of hydrogen-bond acceptors (Lipinski definition) is 6. The minimum atomic E-state index is 0.304. The minimum Gasteiger partial charge on any atom is -0.383 e. The summed E-state index contributed by atoms with van der Waals surface area (Å²) in [5.74, 6) is 0.682. The Balaban J connectivity index is 2.13. The molecule has 2 heterocycles. The molecule has 2 radical (unpaired) electrons. The van der Waals surface area contributed by atoms with E-state index in [-0.39, 0.29) is 0 Å². The molecule has 1 aromatic heterocycles. The van der Waals surface area contributed by atoms with Gasteiger partial charge in [0.25, 0.3) is 16.8 Å². The van der Waals surface area contributed by atoms with E-state index < -0.39 is 0 Å². The summed E-state index contributed by atoms with van der Waals surface area (Å²) in [6.07, 6.45) is 2.43. The van der Waals surface area contributed by atoms with E-state index in [2.05, 4.69) is 61.9 Å². The third-order valence-corrected chi connectivity index (χ3v) is 4.96. The van der Waals surface area contributed by atoms with Crippen LogP contribution in [0.1, 0.15) is 19.8 Å². The second-order valence-electron chi connectivity index (χ2n) is 4.65. The molecule has 1 aromatic rings. The normalized spacial score (nSPS) is 18.8. The summed E-state index contributed by atoms with van der Waals surface area (Å²) in [6, 6.07) is 0. The highest BCUT2D eigenvalue weighted by Gasteiger charge is 2.41. The lowest BCUT2D eigenvalue weighted by Gasteiger charge is -2.46. The molecule has 0 bridgehead atoms. The van der Waals surface area contributed by atoms with Crippen molar-refractivity contribution in [2.75, 3.05) is 18.1 Å². The number of unbranched alkanes of at least 4 members (excludes halogenated alkanes) is 1. The maximum atomic E-state index is 4.10. The van der Waals surface area contributed by atoms with Crippen molar-refractivity contribution in [3.8, 4) is 0 Å². The second-order valence-corrected chi connectivity index (χ2v) is 6.04. The molecular formula is C8H19B2N7Si. The van der Waals surface area contributed by atoms with Gasteiger partial charge in [-0.1, -0.05) is 32.1 Å². The zero-order valence-electron chi connectivity index (χ0n) is 11.5. The van der Waals surface area contributed by atoms with Crippen molar-refractivity contribution in [3.05, 3.63) is 0 Å². The fourth-order valence-corrected chi connectivity index (χ4v) is 3.36. The molecule has 2 rings (SSSR count). The van der Waals surface area contributed by atoms with Crippen molar-refractivity contribution in [1.29, 1.82) is 0 Å². The predicted octanol–water partition coefficient (Wildman–Crippen LogP) is -0.176. The van der Waals surface area contributed by atoms with Gasteiger partial charge in [-0.15, -0.1) is 5.10 Å². The Morgan fingerprint density at radius 1 is 1.33 bits per heavy atom. The van der Waals surface area contributed by atoms with Gasteiger partial charge in [0.1, 0.15) is 0 Å². The van der Waals surface area contributed by atoms with Gasteiger partial charge in [-0.05, 0) is 25.2 Å². The largest absolute Gasteiger partial charge is 0.383 e. The number of aromatic amines is 1. The van der Waals surface area contributed by atoms with Gasteiger partial charge >= 0.3 is 6.98 Å². The molecule has 0 aliphatic carbocycles. The molecule has 0 aromatic carbocycles. The molecule has 0 saturated carbocycles. The van der Waals surface area contributed by atoms with E-state index in [0.29, 0.717) is 29.8 Å². The number of tetrazole rings is 1.